The predicted octanol–water partition coefficient (Wildman–Crippen LogP) is 4.67. The number of ether oxygens (including phenoxy) is 1. The molecule has 0 radical (unpaired) electrons. The molecule has 4 nitrogen and oxygen atoms in total. The highest BCUT2D eigenvalue weighted by Gasteiger charge is 2.15. The molecular formula is C14H11BrINO3. The molecule has 0 fully saturated rings. The SMILES string of the molecule is O=[N+]([O-])c1cc(CBr)ccc1OCc1ccc(I)cc1. The molecule has 0 unspecified atom stereocenters. The van der Waals surface area contributed by atoms with Crippen molar-refractivity contribution in [3.8, 4) is 5.75 Å². The van der Waals surface area contributed by atoms with E-state index in [9.17, 15) is 10.1 Å². The first kappa shape index (κ1) is 15.2. The fourth-order valence-electron chi connectivity index (χ4n) is 1.65. The van der Waals surface area contributed by atoms with Crippen LogP contribution in [0, 0.1) is 13.7 Å². The second-order valence-corrected chi connectivity index (χ2v) is 5.91. The fraction of sp³-hybridized carbons (Fsp3) is 0.143. The summed E-state index contributed by atoms with van der Waals surface area (Å²) in [6.07, 6.45) is 0. The predicted molar refractivity (Wildman–Crippen MR) is 89.2 cm³/mol. The smallest absolute Gasteiger partial charge is 0.311 e. The summed E-state index contributed by atoms with van der Waals surface area (Å²) in [5, 5.41) is 11.6. The molecule has 0 N–H and O–H groups in total. The van der Waals surface area contributed by atoms with Crippen LogP contribution < -0.4 is 4.74 Å². The molecule has 0 saturated heterocycles. The van der Waals surface area contributed by atoms with Gasteiger partial charge in [-0.2, -0.15) is 0 Å². The van der Waals surface area contributed by atoms with Crippen molar-refractivity contribution in [1.29, 1.82) is 0 Å². The quantitative estimate of drug-likeness (QED) is 0.289. The number of nitro benzene ring substituents is 1. The van der Waals surface area contributed by atoms with Gasteiger partial charge in [-0.25, -0.2) is 0 Å². The number of benzene rings is 2. The van der Waals surface area contributed by atoms with Crippen LogP contribution >= 0.6 is 38.5 Å². The second-order valence-electron chi connectivity index (χ2n) is 4.11. The standard InChI is InChI=1S/C14H11BrINO3/c15-8-11-3-6-14(13(7-11)17(18)19)20-9-10-1-4-12(16)5-2-10/h1-7H,8-9H2. The summed E-state index contributed by atoms with van der Waals surface area (Å²) >= 11 is 5.51. The van der Waals surface area contributed by atoms with Gasteiger partial charge in [-0.05, 0) is 51.9 Å². The molecule has 0 amide bonds. The molecule has 2 rings (SSSR count). The Balaban J connectivity index is 2.16. The van der Waals surface area contributed by atoms with E-state index in [1.165, 1.54) is 6.07 Å². The van der Waals surface area contributed by atoms with Gasteiger partial charge in [0.1, 0.15) is 6.61 Å². The van der Waals surface area contributed by atoms with Crippen molar-refractivity contribution in [2.24, 2.45) is 0 Å². The average Bonchev–Trinajstić information content (AvgIpc) is 2.46. The summed E-state index contributed by atoms with van der Waals surface area (Å²) in [5.74, 6) is 0.290. The van der Waals surface area contributed by atoms with Gasteiger partial charge in [-0.3, -0.25) is 10.1 Å². The van der Waals surface area contributed by atoms with Crippen LogP contribution in [-0.2, 0) is 11.9 Å². The summed E-state index contributed by atoms with van der Waals surface area (Å²) in [6.45, 7) is 0.311. The van der Waals surface area contributed by atoms with Crippen molar-refractivity contribution < 1.29 is 9.66 Å². The van der Waals surface area contributed by atoms with Crippen molar-refractivity contribution >= 4 is 44.2 Å². The highest BCUT2D eigenvalue weighted by atomic mass is 127. The monoisotopic (exact) mass is 447 g/mol. The van der Waals surface area contributed by atoms with E-state index in [-0.39, 0.29) is 5.69 Å². The zero-order valence-electron chi connectivity index (χ0n) is 10.4. The number of nitro groups is 1. The first-order valence-electron chi connectivity index (χ1n) is 5.80. The summed E-state index contributed by atoms with van der Waals surface area (Å²) in [4.78, 5) is 10.6. The molecule has 104 valence electrons. The van der Waals surface area contributed by atoms with Crippen molar-refractivity contribution in [2.75, 3.05) is 0 Å². The van der Waals surface area contributed by atoms with Crippen LogP contribution in [-0.4, -0.2) is 4.92 Å². The first-order valence-corrected chi connectivity index (χ1v) is 8.00. The fourth-order valence-corrected chi connectivity index (χ4v) is 2.36. The van der Waals surface area contributed by atoms with Crippen molar-refractivity contribution in [1.82, 2.24) is 0 Å². The molecule has 0 aliphatic rings. The summed E-state index contributed by atoms with van der Waals surface area (Å²) in [7, 11) is 0. The van der Waals surface area contributed by atoms with Gasteiger partial charge in [0.25, 0.3) is 0 Å². The number of hydrogen-bond acceptors (Lipinski definition) is 3. The minimum Gasteiger partial charge on any atom is -0.482 e. The van der Waals surface area contributed by atoms with Crippen LogP contribution in [0.2, 0.25) is 0 Å². The Bertz CT molecular complexity index is 616. The van der Waals surface area contributed by atoms with Crippen molar-refractivity contribution in [2.45, 2.75) is 11.9 Å². The Morgan fingerprint density at radius 3 is 2.40 bits per heavy atom. The normalized spacial score (nSPS) is 10.3. The van der Waals surface area contributed by atoms with Crippen molar-refractivity contribution in [3.05, 3.63) is 67.3 Å². The molecular weight excluding hydrogens is 437 g/mol. The minimum atomic E-state index is -0.421. The van der Waals surface area contributed by atoms with Crippen LogP contribution in [0.4, 0.5) is 5.69 Å². The van der Waals surface area contributed by atoms with E-state index in [0.717, 1.165) is 14.7 Å². The number of alkyl halides is 1. The van der Waals surface area contributed by atoms with Crippen LogP contribution in [0.1, 0.15) is 11.1 Å². The van der Waals surface area contributed by atoms with Crippen LogP contribution in [0.25, 0.3) is 0 Å². The number of hydrogen-bond donors (Lipinski definition) is 0. The molecule has 0 bridgehead atoms. The molecule has 20 heavy (non-hydrogen) atoms. The molecule has 6 heteroatoms. The molecule has 0 aliphatic carbocycles. The lowest BCUT2D eigenvalue weighted by Crippen LogP contribution is -1.99. The average molecular weight is 448 g/mol. The van der Waals surface area contributed by atoms with E-state index < -0.39 is 4.92 Å². The summed E-state index contributed by atoms with van der Waals surface area (Å²) < 4.78 is 6.70. The second kappa shape index (κ2) is 7.03. The van der Waals surface area contributed by atoms with E-state index >= 15 is 0 Å². The zero-order chi connectivity index (χ0) is 14.5. The molecule has 0 aliphatic heterocycles. The van der Waals surface area contributed by atoms with Gasteiger partial charge in [0, 0.05) is 15.0 Å². The van der Waals surface area contributed by atoms with E-state index in [4.69, 9.17) is 4.74 Å². The molecule has 0 heterocycles. The van der Waals surface area contributed by atoms with E-state index in [0.29, 0.717) is 17.7 Å². The molecule has 2 aromatic carbocycles. The Morgan fingerprint density at radius 2 is 1.80 bits per heavy atom. The Labute approximate surface area is 138 Å². The Hall–Kier alpha value is -1.15. The van der Waals surface area contributed by atoms with Gasteiger partial charge in [-0.15, -0.1) is 0 Å². The zero-order valence-corrected chi connectivity index (χ0v) is 14.1. The van der Waals surface area contributed by atoms with E-state index in [1.54, 1.807) is 6.07 Å². The highest BCUT2D eigenvalue weighted by Crippen LogP contribution is 2.29. The number of halogens is 2. The third kappa shape index (κ3) is 3.92. The maximum absolute atomic E-state index is 11.1. The minimum absolute atomic E-state index is 0.00698. The molecule has 0 aromatic heterocycles. The van der Waals surface area contributed by atoms with Gasteiger partial charge in [0.2, 0.25) is 0 Å². The third-order valence-electron chi connectivity index (χ3n) is 2.68. The lowest BCUT2D eigenvalue weighted by atomic mass is 10.2. The lowest BCUT2D eigenvalue weighted by molar-refractivity contribution is -0.386. The van der Waals surface area contributed by atoms with Gasteiger partial charge in [0.15, 0.2) is 5.75 Å². The first-order chi connectivity index (χ1) is 9.60. The Morgan fingerprint density at radius 1 is 1.15 bits per heavy atom. The van der Waals surface area contributed by atoms with E-state index in [2.05, 4.69) is 38.5 Å². The molecule has 0 saturated carbocycles. The lowest BCUT2D eigenvalue weighted by Gasteiger charge is -2.08. The van der Waals surface area contributed by atoms with Crippen LogP contribution in [0.15, 0.2) is 42.5 Å². The van der Waals surface area contributed by atoms with Gasteiger partial charge >= 0.3 is 5.69 Å². The molecule has 0 spiro atoms. The number of rotatable bonds is 5. The van der Waals surface area contributed by atoms with Gasteiger partial charge < -0.3 is 4.74 Å². The molecule has 0 atom stereocenters. The topological polar surface area (TPSA) is 52.4 Å². The maximum Gasteiger partial charge on any atom is 0.311 e. The van der Waals surface area contributed by atoms with Gasteiger partial charge in [-0.1, -0.05) is 34.1 Å². The van der Waals surface area contributed by atoms with Crippen molar-refractivity contribution in [3.63, 3.8) is 0 Å². The van der Waals surface area contributed by atoms with E-state index in [1.807, 2.05) is 30.3 Å². The van der Waals surface area contributed by atoms with Gasteiger partial charge in [0.05, 0.1) is 4.92 Å². The third-order valence-corrected chi connectivity index (χ3v) is 4.05. The molecule has 2 aromatic rings. The maximum atomic E-state index is 11.1. The summed E-state index contributed by atoms with van der Waals surface area (Å²) in [5.41, 5.74) is 1.81. The summed E-state index contributed by atoms with van der Waals surface area (Å²) in [6, 6.07) is 12.8. The van der Waals surface area contributed by atoms with Crippen LogP contribution in [0.3, 0.4) is 0 Å². The highest BCUT2D eigenvalue weighted by molar-refractivity contribution is 14.1. The Kier molecular flexibility index (Phi) is 5.36. The largest absolute Gasteiger partial charge is 0.482 e. The van der Waals surface area contributed by atoms with Crippen LogP contribution in [0.5, 0.6) is 5.75 Å². The number of nitrogens with zero attached hydrogens (tertiary/aromatic N) is 1.